The first kappa shape index (κ1) is 14.8. The molecule has 1 heterocycles. The maximum absolute atomic E-state index is 12.6. The van der Waals surface area contributed by atoms with Crippen molar-refractivity contribution in [2.45, 2.75) is 42.8 Å². The fraction of sp³-hybridized carbons (Fsp3) is 0.727. The Morgan fingerprint density at radius 2 is 2.00 bits per heavy atom. The van der Waals surface area contributed by atoms with Crippen LogP contribution in [0.25, 0.3) is 0 Å². The molecular weight excluding hydrogens is 288 g/mol. The summed E-state index contributed by atoms with van der Waals surface area (Å²) in [5.74, 6) is 0. The third-order valence-electron chi connectivity index (χ3n) is 3.72. The van der Waals surface area contributed by atoms with Crippen LogP contribution in [0, 0.1) is 0 Å². The molecule has 2 N–H and O–H groups in total. The summed E-state index contributed by atoms with van der Waals surface area (Å²) in [5, 5.41) is 4.08. The molecule has 0 atom stereocenters. The van der Waals surface area contributed by atoms with Crippen LogP contribution in [0.15, 0.2) is 11.2 Å². The second-order valence-electron chi connectivity index (χ2n) is 5.01. The van der Waals surface area contributed by atoms with Crippen LogP contribution in [0.4, 0.5) is 0 Å². The van der Waals surface area contributed by atoms with Crippen LogP contribution in [0.5, 0.6) is 0 Å². The molecule has 0 spiro atoms. The Morgan fingerprint density at radius 3 is 2.47 bits per heavy atom. The first-order chi connectivity index (χ1) is 8.84. The van der Waals surface area contributed by atoms with Gasteiger partial charge in [-0.3, -0.25) is 4.68 Å². The lowest BCUT2D eigenvalue weighted by Gasteiger charge is -2.32. The first-order valence-corrected chi connectivity index (χ1v) is 8.07. The van der Waals surface area contributed by atoms with Gasteiger partial charge in [-0.05, 0) is 25.7 Å². The Kier molecular flexibility index (Phi) is 4.20. The highest BCUT2D eigenvalue weighted by Crippen LogP contribution is 2.28. The highest BCUT2D eigenvalue weighted by Gasteiger charge is 2.33. The minimum absolute atomic E-state index is 0.0178. The molecule has 0 saturated heterocycles. The Labute approximate surface area is 118 Å². The molecule has 19 heavy (non-hydrogen) atoms. The molecule has 1 aromatic rings. The fourth-order valence-corrected chi connectivity index (χ4v) is 4.50. The van der Waals surface area contributed by atoms with E-state index in [9.17, 15) is 8.42 Å². The van der Waals surface area contributed by atoms with Gasteiger partial charge >= 0.3 is 0 Å². The molecule has 8 heteroatoms. The summed E-state index contributed by atoms with van der Waals surface area (Å²) in [5.41, 5.74) is 5.85. The zero-order chi connectivity index (χ0) is 14.2. The minimum atomic E-state index is -3.61. The van der Waals surface area contributed by atoms with Crippen LogP contribution in [0.1, 0.15) is 25.7 Å². The van der Waals surface area contributed by atoms with Gasteiger partial charge in [-0.25, -0.2) is 8.42 Å². The van der Waals surface area contributed by atoms with E-state index in [1.807, 2.05) is 0 Å². The van der Waals surface area contributed by atoms with Crippen LogP contribution in [-0.4, -0.2) is 41.6 Å². The molecule has 6 nitrogen and oxygen atoms in total. The van der Waals surface area contributed by atoms with E-state index in [4.69, 9.17) is 17.3 Å². The predicted molar refractivity (Wildman–Crippen MR) is 73.4 cm³/mol. The van der Waals surface area contributed by atoms with E-state index in [1.54, 1.807) is 14.1 Å². The van der Waals surface area contributed by atoms with Gasteiger partial charge in [0.2, 0.25) is 0 Å². The monoisotopic (exact) mass is 306 g/mol. The number of halogens is 1. The molecule has 2 rings (SSSR count). The minimum Gasteiger partial charge on any atom is -0.328 e. The molecule has 1 saturated carbocycles. The van der Waals surface area contributed by atoms with Crippen molar-refractivity contribution in [3.8, 4) is 0 Å². The van der Waals surface area contributed by atoms with Crippen molar-refractivity contribution in [3.05, 3.63) is 11.2 Å². The Bertz CT molecular complexity index is 530. The largest absolute Gasteiger partial charge is 0.328 e. The van der Waals surface area contributed by atoms with Gasteiger partial charge in [-0.1, -0.05) is 11.6 Å². The molecule has 0 aliphatic heterocycles. The SMILES string of the molecule is CN(C1CCC(N)CC1)S(=O)(=O)c1c(Cl)cnn1C. The first-order valence-electron chi connectivity index (χ1n) is 6.25. The molecule has 0 radical (unpaired) electrons. The molecule has 0 unspecified atom stereocenters. The molecular formula is C11H19ClN4O2S. The standard InChI is InChI=1S/C11H19ClN4O2S/c1-15-11(10(12)7-14-15)19(17,18)16(2)9-5-3-8(13)4-6-9/h7-9H,3-6,13H2,1-2H3. The molecule has 0 amide bonds. The smallest absolute Gasteiger partial charge is 0.261 e. The lowest BCUT2D eigenvalue weighted by atomic mass is 9.92. The van der Waals surface area contributed by atoms with Crippen molar-refractivity contribution < 1.29 is 8.42 Å². The highest BCUT2D eigenvalue weighted by molar-refractivity contribution is 7.89. The van der Waals surface area contributed by atoms with Gasteiger partial charge in [0.25, 0.3) is 10.0 Å². The molecule has 1 aliphatic rings. The average Bonchev–Trinajstić information content (AvgIpc) is 2.69. The summed E-state index contributed by atoms with van der Waals surface area (Å²) in [6, 6.07) is 0.170. The van der Waals surface area contributed by atoms with E-state index in [-0.39, 0.29) is 22.1 Å². The summed E-state index contributed by atoms with van der Waals surface area (Å²) in [4.78, 5) is 0. The van der Waals surface area contributed by atoms with Crippen LogP contribution >= 0.6 is 11.6 Å². The molecule has 1 aliphatic carbocycles. The topological polar surface area (TPSA) is 81.2 Å². The number of hydrogen-bond acceptors (Lipinski definition) is 4. The predicted octanol–water partition coefficient (Wildman–Crippen LogP) is 0.964. The lowest BCUT2D eigenvalue weighted by Crippen LogP contribution is -2.42. The van der Waals surface area contributed by atoms with Crippen LogP contribution in [0.3, 0.4) is 0 Å². The Balaban J connectivity index is 2.25. The van der Waals surface area contributed by atoms with Crippen molar-refractivity contribution in [2.24, 2.45) is 12.8 Å². The molecule has 1 fully saturated rings. The van der Waals surface area contributed by atoms with Crippen molar-refractivity contribution >= 4 is 21.6 Å². The van der Waals surface area contributed by atoms with Gasteiger partial charge in [0.15, 0.2) is 5.03 Å². The Hall–Kier alpha value is -0.630. The number of sulfonamides is 1. The van der Waals surface area contributed by atoms with Crippen LogP contribution < -0.4 is 5.73 Å². The van der Waals surface area contributed by atoms with Crippen molar-refractivity contribution in [3.63, 3.8) is 0 Å². The van der Waals surface area contributed by atoms with Gasteiger partial charge in [0.05, 0.1) is 11.2 Å². The number of aromatic nitrogens is 2. The summed E-state index contributed by atoms with van der Waals surface area (Å²) >= 11 is 5.93. The van der Waals surface area contributed by atoms with Crippen LogP contribution in [0.2, 0.25) is 5.02 Å². The second-order valence-corrected chi connectivity index (χ2v) is 7.33. The van der Waals surface area contributed by atoms with E-state index >= 15 is 0 Å². The van der Waals surface area contributed by atoms with Gasteiger partial charge in [-0.15, -0.1) is 0 Å². The molecule has 1 aromatic heterocycles. The Morgan fingerprint density at radius 1 is 1.42 bits per heavy atom. The number of hydrogen-bond donors (Lipinski definition) is 1. The lowest BCUT2D eigenvalue weighted by molar-refractivity contribution is 0.267. The average molecular weight is 307 g/mol. The number of nitrogens with two attached hydrogens (primary N) is 1. The summed E-state index contributed by atoms with van der Waals surface area (Å²) in [6.45, 7) is 0. The third-order valence-corrected chi connectivity index (χ3v) is 6.14. The quantitative estimate of drug-likeness (QED) is 0.902. The van der Waals surface area contributed by atoms with E-state index in [0.29, 0.717) is 0 Å². The summed E-state index contributed by atoms with van der Waals surface area (Å²) in [6.07, 6.45) is 4.62. The van der Waals surface area contributed by atoms with E-state index in [2.05, 4.69) is 5.10 Å². The van der Waals surface area contributed by atoms with Crippen LogP contribution in [-0.2, 0) is 17.1 Å². The maximum Gasteiger partial charge on any atom is 0.261 e. The summed E-state index contributed by atoms with van der Waals surface area (Å²) in [7, 11) is -0.443. The van der Waals surface area contributed by atoms with E-state index in [1.165, 1.54) is 15.2 Å². The summed E-state index contributed by atoms with van der Waals surface area (Å²) < 4.78 is 27.8. The van der Waals surface area contributed by atoms with Gasteiger partial charge < -0.3 is 5.73 Å². The fourth-order valence-electron chi connectivity index (χ4n) is 2.49. The molecule has 108 valence electrons. The van der Waals surface area contributed by atoms with Gasteiger partial charge in [0, 0.05) is 26.2 Å². The molecule has 0 bridgehead atoms. The third kappa shape index (κ3) is 2.79. The molecule has 0 aromatic carbocycles. The number of nitrogens with zero attached hydrogens (tertiary/aromatic N) is 3. The maximum atomic E-state index is 12.6. The van der Waals surface area contributed by atoms with Crippen molar-refractivity contribution in [1.82, 2.24) is 14.1 Å². The zero-order valence-corrected chi connectivity index (χ0v) is 12.7. The second kappa shape index (κ2) is 5.40. The van der Waals surface area contributed by atoms with Gasteiger partial charge in [-0.2, -0.15) is 9.40 Å². The number of rotatable bonds is 3. The van der Waals surface area contributed by atoms with Crippen molar-refractivity contribution in [2.75, 3.05) is 7.05 Å². The van der Waals surface area contributed by atoms with E-state index in [0.717, 1.165) is 25.7 Å². The van der Waals surface area contributed by atoms with Crippen molar-refractivity contribution in [1.29, 1.82) is 0 Å². The van der Waals surface area contributed by atoms with Gasteiger partial charge in [0.1, 0.15) is 0 Å². The number of aryl methyl sites for hydroxylation is 1. The zero-order valence-electron chi connectivity index (χ0n) is 11.1. The normalized spacial score (nSPS) is 24.9. The van der Waals surface area contributed by atoms with E-state index < -0.39 is 10.0 Å². The highest BCUT2D eigenvalue weighted by atomic mass is 35.5.